The van der Waals surface area contributed by atoms with Crippen LogP contribution in [0, 0.1) is 0 Å². The fourth-order valence-corrected chi connectivity index (χ4v) is 2.12. The first-order chi connectivity index (χ1) is 6.86. The van der Waals surface area contributed by atoms with Gasteiger partial charge < -0.3 is 5.32 Å². The molecule has 76 valence electrons. The molecule has 0 radical (unpaired) electrons. The van der Waals surface area contributed by atoms with Crippen molar-refractivity contribution in [1.29, 1.82) is 0 Å². The fraction of sp³-hybridized carbons (Fsp3) is 0.273. The molecular weight excluding hydrogens is 214 g/mol. The van der Waals surface area contributed by atoms with E-state index >= 15 is 0 Å². The van der Waals surface area contributed by atoms with Crippen molar-refractivity contribution in [2.75, 3.05) is 12.8 Å². The molecule has 0 aromatic heterocycles. The second-order valence-corrected chi connectivity index (χ2v) is 4.20. The number of nitrogens with one attached hydrogen (secondary N) is 1. The molecule has 0 spiro atoms. The predicted octanol–water partition coefficient (Wildman–Crippen LogP) is 3.25. The first-order valence-electron chi connectivity index (χ1n) is 4.48. The Hall–Kier alpha value is -0.440. The molecule has 0 aliphatic rings. The summed E-state index contributed by atoms with van der Waals surface area (Å²) in [5.74, 6) is 0.923. The molecule has 0 saturated carbocycles. The van der Waals surface area contributed by atoms with Crippen molar-refractivity contribution in [3.05, 3.63) is 41.4 Å². The number of hydrogen-bond donors (Lipinski definition) is 1. The van der Waals surface area contributed by atoms with Crippen molar-refractivity contribution < 1.29 is 0 Å². The monoisotopic (exact) mass is 227 g/mol. The third kappa shape index (κ3) is 4.18. The van der Waals surface area contributed by atoms with Crippen LogP contribution in [-0.4, -0.2) is 12.8 Å². The fourth-order valence-electron chi connectivity index (χ4n) is 1.13. The van der Waals surface area contributed by atoms with Gasteiger partial charge in [-0.1, -0.05) is 29.8 Å². The van der Waals surface area contributed by atoms with E-state index in [0.29, 0.717) is 0 Å². The Kier molecular flexibility index (Phi) is 5.76. The summed E-state index contributed by atoms with van der Waals surface area (Å²) in [5, 5.41) is 3.13. The van der Waals surface area contributed by atoms with Crippen LogP contribution in [0.1, 0.15) is 5.56 Å². The molecule has 0 bridgehead atoms. The van der Waals surface area contributed by atoms with E-state index in [1.807, 2.05) is 13.1 Å². The van der Waals surface area contributed by atoms with Crippen LogP contribution < -0.4 is 5.32 Å². The minimum Gasteiger partial charge on any atom is -0.316 e. The van der Waals surface area contributed by atoms with Crippen LogP contribution in [0.3, 0.4) is 0 Å². The Morgan fingerprint density at radius 2 is 2.36 bits per heavy atom. The highest BCUT2D eigenvalue weighted by Crippen LogP contribution is 2.19. The Balaban J connectivity index is 2.54. The zero-order valence-electron chi connectivity index (χ0n) is 8.16. The Bertz CT molecular complexity index is 299. The number of thioether (sulfide) groups is 1. The van der Waals surface area contributed by atoms with Crippen LogP contribution in [0.4, 0.5) is 0 Å². The van der Waals surface area contributed by atoms with Gasteiger partial charge >= 0.3 is 0 Å². The van der Waals surface area contributed by atoms with Gasteiger partial charge in [0.15, 0.2) is 0 Å². The molecule has 0 fully saturated rings. The van der Waals surface area contributed by atoms with Gasteiger partial charge in [-0.25, -0.2) is 0 Å². The van der Waals surface area contributed by atoms with Gasteiger partial charge in [-0.2, -0.15) is 0 Å². The second-order valence-electron chi connectivity index (χ2n) is 2.85. The van der Waals surface area contributed by atoms with E-state index < -0.39 is 0 Å². The van der Waals surface area contributed by atoms with E-state index in [4.69, 9.17) is 11.6 Å². The molecule has 1 aromatic rings. The average Bonchev–Trinajstić information content (AvgIpc) is 2.19. The van der Waals surface area contributed by atoms with E-state index in [1.165, 1.54) is 10.5 Å². The molecule has 0 aliphatic heterocycles. The van der Waals surface area contributed by atoms with E-state index in [-0.39, 0.29) is 0 Å². The average molecular weight is 228 g/mol. The summed E-state index contributed by atoms with van der Waals surface area (Å²) in [6, 6.07) is 8.52. The molecular formula is C11H14ClNS. The predicted molar refractivity (Wildman–Crippen MR) is 64.9 cm³/mol. The lowest BCUT2D eigenvalue weighted by Gasteiger charge is -2.02. The van der Waals surface area contributed by atoms with Crippen molar-refractivity contribution >= 4 is 23.4 Å². The van der Waals surface area contributed by atoms with Gasteiger partial charge in [-0.05, 0) is 24.7 Å². The molecule has 0 aliphatic carbocycles. The quantitative estimate of drug-likeness (QED) is 0.776. The zero-order chi connectivity index (χ0) is 10.2. The lowest BCUT2D eigenvalue weighted by molar-refractivity contribution is 0.815. The van der Waals surface area contributed by atoms with Crippen LogP contribution in [0.15, 0.2) is 40.8 Å². The van der Waals surface area contributed by atoms with Gasteiger partial charge in [0, 0.05) is 22.7 Å². The first kappa shape index (κ1) is 11.6. The van der Waals surface area contributed by atoms with Gasteiger partial charge in [0.05, 0.1) is 0 Å². The maximum absolute atomic E-state index is 5.44. The Morgan fingerprint density at radius 3 is 3.07 bits per heavy atom. The van der Waals surface area contributed by atoms with E-state index in [0.717, 1.165) is 12.3 Å². The maximum atomic E-state index is 5.44. The normalized spacial score (nSPS) is 11.0. The van der Waals surface area contributed by atoms with Crippen LogP contribution >= 0.6 is 23.4 Å². The number of halogens is 1. The van der Waals surface area contributed by atoms with Crippen molar-refractivity contribution in [1.82, 2.24) is 5.32 Å². The number of hydrogen-bond acceptors (Lipinski definition) is 2. The number of rotatable bonds is 5. The molecule has 14 heavy (non-hydrogen) atoms. The minimum absolute atomic E-state index is 0.916. The van der Waals surface area contributed by atoms with E-state index in [2.05, 4.69) is 29.6 Å². The summed E-state index contributed by atoms with van der Waals surface area (Å²) in [4.78, 5) is 1.28. The van der Waals surface area contributed by atoms with Gasteiger partial charge in [0.25, 0.3) is 0 Å². The van der Waals surface area contributed by atoms with Crippen molar-refractivity contribution in [2.45, 2.75) is 11.4 Å². The SMILES string of the molecule is CNCc1cccc(SCC=CCl)c1. The highest BCUT2D eigenvalue weighted by atomic mass is 35.5. The second kappa shape index (κ2) is 6.93. The third-order valence-corrected chi connectivity index (χ3v) is 2.84. The summed E-state index contributed by atoms with van der Waals surface area (Å²) in [6.45, 7) is 0.916. The lowest BCUT2D eigenvalue weighted by Crippen LogP contribution is -2.04. The molecule has 0 amide bonds. The van der Waals surface area contributed by atoms with Crippen LogP contribution in [0.2, 0.25) is 0 Å². The van der Waals surface area contributed by atoms with Crippen molar-refractivity contribution in [2.24, 2.45) is 0 Å². The molecule has 1 nitrogen and oxygen atoms in total. The van der Waals surface area contributed by atoms with E-state index in [1.54, 1.807) is 17.3 Å². The van der Waals surface area contributed by atoms with Crippen LogP contribution in [0.5, 0.6) is 0 Å². The standard InChI is InChI=1S/C11H14ClNS/c1-13-9-10-4-2-5-11(8-10)14-7-3-6-12/h2-6,8,13H,7,9H2,1H3. The molecule has 0 heterocycles. The van der Waals surface area contributed by atoms with Crippen molar-refractivity contribution in [3.8, 4) is 0 Å². The molecule has 0 atom stereocenters. The van der Waals surface area contributed by atoms with E-state index in [9.17, 15) is 0 Å². The molecule has 3 heteroatoms. The largest absolute Gasteiger partial charge is 0.316 e. The minimum atomic E-state index is 0.916. The summed E-state index contributed by atoms with van der Waals surface area (Å²) in [5.41, 5.74) is 2.87. The molecule has 1 rings (SSSR count). The van der Waals surface area contributed by atoms with Crippen LogP contribution in [-0.2, 0) is 6.54 Å². The van der Waals surface area contributed by atoms with Crippen LogP contribution in [0.25, 0.3) is 0 Å². The highest BCUT2D eigenvalue weighted by molar-refractivity contribution is 7.99. The van der Waals surface area contributed by atoms with Gasteiger partial charge in [0.1, 0.15) is 0 Å². The van der Waals surface area contributed by atoms with Gasteiger partial charge in [0.2, 0.25) is 0 Å². The first-order valence-corrected chi connectivity index (χ1v) is 5.90. The maximum Gasteiger partial charge on any atom is 0.0202 e. The topological polar surface area (TPSA) is 12.0 Å². The number of benzene rings is 1. The van der Waals surface area contributed by atoms with Crippen molar-refractivity contribution in [3.63, 3.8) is 0 Å². The summed E-state index contributed by atoms with van der Waals surface area (Å²) >= 11 is 7.23. The molecule has 0 saturated heterocycles. The summed E-state index contributed by atoms with van der Waals surface area (Å²) in [6.07, 6.45) is 1.94. The van der Waals surface area contributed by atoms with Gasteiger partial charge in [-0.15, -0.1) is 11.8 Å². The summed E-state index contributed by atoms with van der Waals surface area (Å²) in [7, 11) is 1.95. The molecule has 1 aromatic carbocycles. The lowest BCUT2D eigenvalue weighted by atomic mass is 10.2. The zero-order valence-corrected chi connectivity index (χ0v) is 9.74. The molecule has 0 unspecified atom stereocenters. The van der Waals surface area contributed by atoms with Gasteiger partial charge in [-0.3, -0.25) is 0 Å². The third-order valence-electron chi connectivity index (χ3n) is 1.71. The smallest absolute Gasteiger partial charge is 0.0202 e. The highest BCUT2D eigenvalue weighted by Gasteiger charge is 1.94. The summed E-state index contributed by atoms with van der Waals surface area (Å²) < 4.78 is 0. The molecule has 1 N–H and O–H groups in total. The Morgan fingerprint density at radius 1 is 1.50 bits per heavy atom. The Labute approximate surface area is 94.5 Å².